The molecule has 2 N–H and O–H groups in total. The van der Waals surface area contributed by atoms with Crippen molar-refractivity contribution in [1.29, 1.82) is 5.26 Å². The van der Waals surface area contributed by atoms with Gasteiger partial charge in [0.1, 0.15) is 18.5 Å². The number of alkyl halides is 2. The Hall–Kier alpha value is -2.25. The lowest BCUT2D eigenvalue weighted by Gasteiger charge is -2.37. The summed E-state index contributed by atoms with van der Waals surface area (Å²) < 4.78 is 27.2. The van der Waals surface area contributed by atoms with E-state index in [0.717, 1.165) is 4.57 Å². The highest BCUT2D eigenvalue weighted by molar-refractivity contribution is 5.52. The maximum absolute atomic E-state index is 13.2. The fraction of sp³-hybridized carbons (Fsp3) is 0.615. The van der Waals surface area contributed by atoms with Gasteiger partial charge in [-0.05, 0) is 0 Å². The van der Waals surface area contributed by atoms with E-state index in [9.17, 15) is 18.4 Å². The van der Waals surface area contributed by atoms with Crippen LogP contribution in [0.5, 0.6) is 0 Å². The molecule has 0 spiro atoms. The molecule has 23 heavy (non-hydrogen) atoms. The van der Waals surface area contributed by atoms with Gasteiger partial charge in [0, 0.05) is 33.2 Å². The molecule has 1 aliphatic heterocycles. The van der Waals surface area contributed by atoms with Gasteiger partial charge in [0.25, 0.3) is 11.5 Å². The molecule has 0 aromatic carbocycles. The monoisotopic (exact) mass is 329 g/mol. The first kappa shape index (κ1) is 17.1. The summed E-state index contributed by atoms with van der Waals surface area (Å²) in [7, 11) is 1.26. The number of aliphatic hydroxyl groups excluding tert-OH is 1. The van der Waals surface area contributed by atoms with Gasteiger partial charge in [-0.1, -0.05) is 0 Å². The van der Waals surface area contributed by atoms with Crippen molar-refractivity contribution in [3.05, 3.63) is 26.4 Å². The molecule has 1 fully saturated rings. The highest BCUT2D eigenvalue weighted by atomic mass is 19.3. The van der Waals surface area contributed by atoms with Crippen molar-refractivity contribution in [3.63, 3.8) is 0 Å². The Kier molecular flexibility index (Phi) is 4.82. The average molecular weight is 329 g/mol. The summed E-state index contributed by atoms with van der Waals surface area (Å²) in [5.41, 5.74) is -1.51. The fourth-order valence-corrected chi connectivity index (χ4v) is 2.45. The molecule has 0 aliphatic carbocycles. The Balaban J connectivity index is 2.17. The quantitative estimate of drug-likeness (QED) is 0.711. The van der Waals surface area contributed by atoms with Crippen molar-refractivity contribution in [1.82, 2.24) is 14.5 Å². The predicted molar refractivity (Wildman–Crippen MR) is 77.7 cm³/mol. The molecule has 1 aliphatic rings. The standard InChI is InChI=1S/C13H17F2N5O3/c1-18-11(22)9(6-16)10(17-12(18)23)20-4-2-19(3-5-20)7-13(14,15)8-21/h21H,2-5,7-8H2,1H3,(H,17,23). The number of hydrogen-bond donors (Lipinski definition) is 2. The van der Waals surface area contributed by atoms with Crippen molar-refractivity contribution >= 4 is 5.82 Å². The van der Waals surface area contributed by atoms with E-state index in [1.54, 1.807) is 11.0 Å². The second kappa shape index (κ2) is 6.47. The SMILES string of the molecule is Cn1c(=O)[nH]c(N2CCN(CC(F)(F)CO)CC2)c(C#N)c1=O. The van der Waals surface area contributed by atoms with Crippen molar-refractivity contribution < 1.29 is 13.9 Å². The van der Waals surface area contributed by atoms with E-state index in [-0.39, 0.29) is 37.6 Å². The summed E-state index contributed by atoms with van der Waals surface area (Å²) >= 11 is 0. The molecule has 1 aromatic heterocycles. The van der Waals surface area contributed by atoms with E-state index < -0.39 is 30.3 Å². The average Bonchev–Trinajstić information content (AvgIpc) is 2.53. The van der Waals surface area contributed by atoms with Gasteiger partial charge in [0.15, 0.2) is 5.56 Å². The number of nitrogens with zero attached hydrogens (tertiary/aromatic N) is 4. The number of aromatic amines is 1. The van der Waals surface area contributed by atoms with Gasteiger partial charge < -0.3 is 10.0 Å². The van der Waals surface area contributed by atoms with E-state index in [2.05, 4.69) is 4.98 Å². The van der Waals surface area contributed by atoms with Crippen molar-refractivity contribution in [2.45, 2.75) is 5.92 Å². The highest BCUT2D eigenvalue weighted by Crippen LogP contribution is 2.18. The van der Waals surface area contributed by atoms with Gasteiger partial charge in [0.2, 0.25) is 0 Å². The summed E-state index contributed by atoms with van der Waals surface area (Å²) in [5, 5.41) is 17.7. The molecular formula is C13H17F2N5O3. The lowest BCUT2D eigenvalue weighted by Crippen LogP contribution is -2.52. The van der Waals surface area contributed by atoms with Crippen LogP contribution in [0.3, 0.4) is 0 Å². The Morgan fingerprint density at radius 2 is 1.91 bits per heavy atom. The van der Waals surface area contributed by atoms with Gasteiger partial charge in [-0.2, -0.15) is 5.26 Å². The van der Waals surface area contributed by atoms with Gasteiger partial charge >= 0.3 is 5.69 Å². The number of piperazine rings is 1. The van der Waals surface area contributed by atoms with Crippen LogP contribution in [-0.2, 0) is 7.05 Å². The molecule has 10 heteroatoms. The van der Waals surface area contributed by atoms with Crippen LogP contribution in [0.1, 0.15) is 5.56 Å². The van der Waals surface area contributed by atoms with Gasteiger partial charge in [-0.15, -0.1) is 0 Å². The van der Waals surface area contributed by atoms with Gasteiger partial charge in [-0.25, -0.2) is 13.6 Å². The van der Waals surface area contributed by atoms with E-state index in [1.807, 2.05) is 0 Å². The summed E-state index contributed by atoms with van der Waals surface area (Å²) in [6, 6.07) is 1.78. The maximum Gasteiger partial charge on any atom is 0.329 e. The number of hydrogen-bond acceptors (Lipinski definition) is 6. The van der Waals surface area contributed by atoms with Crippen LogP contribution in [0.25, 0.3) is 0 Å². The summed E-state index contributed by atoms with van der Waals surface area (Å²) in [4.78, 5) is 29.2. The number of rotatable bonds is 4. The first-order valence-corrected chi connectivity index (χ1v) is 6.98. The van der Waals surface area contributed by atoms with Crippen LogP contribution < -0.4 is 16.1 Å². The summed E-state index contributed by atoms with van der Waals surface area (Å²) in [5.74, 6) is -3.05. The minimum atomic E-state index is -3.17. The maximum atomic E-state index is 13.2. The number of nitriles is 1. The molecule has 0 amide bonds. The van der Waals surface area contributed by atoms with E-state index >= 15 is 0 Å². The van der Waals surface area contributed by atoms with Crippen LogP contribution in [0.4, 0.5) is 14.6 Å². The predicted octanol–water partition coefficient (Wildman–Crippen LogP) is -1.31. The van der Waals surface area contributed by atoms with Crippen LogP contribution in [0.15, 0.2) is 9.59 Å². The molecule has 126 valence electrons. The fourth-order valence-electron chi connectivity index (χ4n) is 2.45. The third-order valence-electron chi connectivity index (χ3n) is 3.77. The minimum Gasteiger partial charge on any atom is -0.390 e. The van der Waals surface area contributed by atoms with E-state index in [0.29, 0.717) is 0 Å². The molecule has 1 saturated heterocycles. The number of aliphatic hydroxyl groups is 1. The van der Waals surface area contributed by atoms with E-state index in [4.69, 9.17) is 10.4 Å². The third kappa shape index (κ3) is 3.57. The molecular weight excluding hydrogens is 312 g/mol. The van der Waals surface area contributed by atoms with Gasteiger partial charge in [0.05, 0.1) is 6.54 Å². The molecule has 0 radical (unpaired) electrons. The third-order valence-corrected chi connectivity index (χ3v) is 3.77. The largest absolute Gasteiger partial charge is 0.390 e. The van der Waals surface area contributed by atoms with Crippen molar-refractivity contribution in [2.75, 3.05) is 44.2 Å². The Morgan fingerprint density at radius 1 is 1.30 bits per heavy atom. The molecule has 2 heterocycles. The Morgan fingerprint density at radius 3 is 2.43 bits per heavy atom. The number of nitrogens with one attached hydrogen (secondary N) is 1. The number of aromatic nitrogens is 2. The molecule has 1 aromatic rings. The Labute approximate surface area is 130 Å². The molecule has 0 saturated carbocycles. The zero-order chi connectivity index (χ0) is 17.2. The number of anilines is 1. The highest BCUT2D eigenvalue weighted by Gasteiger charge is 2.32. The zero-order valence-electron chi connectivity index (χ0n) is 12.6. The van der Waals surface area contributed by atoms with Gasteiger partial charge in [-0.3, -0.25) is 19.2 Å². The second-order valence-corrected chi connectivity index (χ2v) is 5.41. The first-order valence-electron chi connectivity index (χ1n) is 6.98. The molecule has 0 atom stereocenters. The summed E-state index contributed by atoms with van der Waals surface area (Å²) in [6.45, 7) is -0.697. The molecule has 2 rings (SSSR count). The molecule has 8 nitrogen and oxygen atoms in total. The van der Waals surface area contributed by atoms with Crippen LogP contribution in [-0.4, -0.2) is 64.8 Å². The molecule has 0 unspecified atom stereocenters. The lowest BCUT2D eigenvalue weighted by atomic mass is 10.2. The normalized spacial score (nSPS) is 16.4. The number of H-pyrrole nitrogens is 1. The Bertz CT molecular complexity index is 729. The smallest absolute Gasteiger partial charge is 0.329 e. The van der Waals surface area contributed by atoms with E-state index in [1.165, 1.54) is 11.9 Å². The first-order chi connectivity index (χ1) is 10.8. The number of halogens is 2. The van der Waals surface area contributed by atoms with Crippen molar-refractivity contribution in [3.8, 4) is 6.07 Å². The zero-order valence-corrected chi connectivity index (χ0v) is 12.6. The van der Waals surface area contributed by atoms with Crippen LogP contribution in [0.2, 0.25) is 0 Å². The van der Waals surface area contributed by atoms with Crippen LogP contribution in [0, 0.1) is 11.3 Å². The molecule has 0 bridgehead atoms. The summed E-state index contributed by atoms with van der Waals surface area (Å²) in [6.07, 6.45) is 0. The second-order valence-electron chi connectivity index (χ2n) is 5.41. The topological polar surface area (TPSA) is 105 Å². The van der Waals surface area contributed by atoms with Crippen molar-refractivity contribution in [2.24, 2.45) is 7.05 Å². The lowest BCUT2D eigenvalue weighted by molar-refractivity contribution is -0.0733. The minimum absolute atomic E-state index is 0.120. The van der Waals surface area contributed by atoms with Crippen LogP contribution >= 0.6 is 0 Å².